The molecule has 0 saturated carbocycles. The van der Waals surface area contributed by atoms with Gasteiger partial charge in [-0.25, -0.2) is 4.79 Å². The van der Waals surface area contributed by atoms with Gasteiger partial charge in [0.2, 0.25) is 0 Å². The van der Waals surface area contributed by atoms with Crippen molar-refractivity contribution in [3.8, 4) is 0 Å². The maximum Gasteiger partial charge on any atom is 0.402 e. The molecule has 0 bridgehead atoms. The van der Waals surface area contributed by atoms with Crippen LogP contribution in [0, 0.1) is 0 Å². The summed E-state index contributed by atoms with van der Waals surface area (Å²) in [6.07, 6.45) is 0. The lowest BCUT2D eigenvalue weighted by molar-refractivity contribution is 0.431. The van der Waals surface area contributed by atoms with Crippen LogP contribution in [0.4, 0.5) is 0 Å². The summed E-state index contributed by atoms with van der Waals surface area (Å²) in [5.41, 5.74) is 0. The molecule has 0 aromatic heterocycles. The van der Waals surface area contributed by atoms with Crippen LogP contribution in [0.5, 0.6) is 0 Å². The second-order valence-electron chi connectivity index (χ2n) is 2.43. The van der Waals surface area contributed by atoms with Crippen molar-refractivity contribution in [2.24, 2.45) is 0 Å². The maximum absolute atomic E-state index is 9.98. The first-order valence-corrected chi connectivity index (χ1v) is 6.32. The molecule has 59 valence electrons. The van der Waals surface area contributed by atoms with E-state index in [4.69, 9.17) is 4.43 Å². The summed E-state index contributed by atoms with van der Waals surface area (Å²) in [5, 5.41) is 0. The third-order valence-corrected chi connectivity index (χ3v) is 6.57. The summed E-state index contributed by atoms with van der Waals surface area (Å²) in [7, 11) is -1.64. The Labute approximate surface area is 63.7 Å². The quantitative estimate of drug-likeness (QED) is 0.574. The Morgan fingerprint density at radius 2 is 1.60 bits per heavy atom. The van der Waals surface area contributed by atoms with Crippen LogP contribution in [-0.4, -0.2) is 14.8 Å². The highest BCUT2D eigenvalue weighted by atomic mass is 28.4. The molecule has 0 fully saturated rings. The van der Waals surface area contributed by atoms with Crippen molar-refractivity contribution in [1.82, 2.24) is 0 Å². The number of hydrogen-bond donors (Lipinski definition) is 0. The lowest BCUT2D eigenvalue weighted by atomic mass is 10.9. The first kappa shape index (κ1) is 9.69. The van der Waals surface area contributed by atoms with E-state index in [1.165, 1.54) is 0 Å². The van der Waals surface area contributed by atoms with E-state index in [1.54, 1.807) is 6.47 Å². The van der Waals surface area contributed by atoms with Gasteiger partial charge in [0.05, 0.1) is 0 Å². The highest BCUT2D eigenvalue weighted by molar-refractivity contribution is 6.74. The van der Waals surface area contributed by atoms with Crippen molar-refractivity contribution in [3.05, 3.63) is 0 Å². The van der Waals surface area contributed by atoms with E-state index in [0.29, 0.717) is 0 Å². The average Bonchev–Trinajstić information content (AvgIpc) is 2.01. The fourth-order valence-corrected chi connectivity index (χ4v) is 3.16. The van der Waals surface area contributed by atoms with Crippen LogP contribution in [-0.2, 0) is 9.22 Å². The van der Waals surface area contributed by atoms with E-state index in [1.807, 2.05) is 0 Å². The van der Waals surface area contributed by atoms with Gasteiger partial charge >= 0.3 is 6.47 Å². The van der Waals surface area contributed by atoms with Crippen molar-refractivity contribution in [2.75, 3.05) is 0 Å². The maximum atomic E-state index is 9.98. The highest BCUT2D eigenvalue weighted by Gasteiger charge is 2.30. The van der Waals surface area contributed by atoms with Gasteiger partial charge in [0, 0.05) is 0 Å². The van der Waals surface area contributed by atoms with E-state index < -0.39 is 8.32 Å². The van der Waals surface area contributed by atoms with Gasteiger partial charge in [0.15, 0.2) is 0 Å². The summed E-state index contributed by atoms with van der Waals surface area (Å²) >= 11 is 0. The Balaban J connectivity index is 4.00. The van der Waals surface area contributed by atoms with Crippen LogP contribution in [0.3, 0.4) is 0 Å². The minimum Gasteiger partial charge on any atom is -0.511 e. The van der Waals surface area contributed by atoms with Gasteiger partial charge in [-0.2, -0.15) is 0 Å². The number of hydrogen-bond acceptors (Lipinski definition) is 2. The Hall–Kier alpha value is -0.313. The summed E-state index contributed by atoms with van der Waals surface area (Å²) in [6, 6.07) is 3.03. The molecule has 0 N–H and O–H groups in total. The second kappa shape index (κ2) is 4.49. The van der Waals surface area contributed by atoms with Crippen LogP contribution in [0.25, 0.3) is 0 Å². The van der Waals surface area contributed by atoms with E-state index in [9.17, 15) is 4.79 Å². The normalized spacial score (nSPS) is 11.1. The van der Waals surface area contributed by atoms with Crippen molar-refractivity contribution in [1.29, 1.82) is 0 Å². The van der Waals surface area contributed by atoms with Gasteiger partial charge < -0.3 is 4.43 Å². The molecule has 0 aliphatic carbocycles. The standard InChI is InChI=1S/C7H15O2Si/c1-4-10(5-2,6-3)9-7-8/h4-6H2,1-3H3. The van der Waals surface area contributed by atoms with Gasteiger partial charge in [0.25, 0.3) is 8.32 Å². The molecule has 0 rings (SSSR count). The predicted molar refractivity (Wildman–Crippen MR) is 44.0 cm³/mol. The SMILES string of the molecule is CC[Si](CC)(CC)O[C]=O. The largest absolute Gasteiger partial charge is 0.511 e. The molecule has 0 heterocycles. The van der Waals surface area contributed by atoms with Crippen molar-refractivity contribution >= 4 is 14.8 Å². The molecule has 2 nitrogen and oxygen atoms in total. The summed E-state index contributed by atoms with van der Waals surface area (Å²) < 4.78 is 5.01. The molecule has 1 radical (unpaired) electrons. The summed E-state index contributed by atoms with van der Waals surface area (Å²) in [6.45, 7) is 7.81. The third-order valence-electron chi connectivity index (χ3n) is 2.19. The van der Waals surface area contributed by atoms with Gasteiger partial charge in [-0.3, -0.25) is 0 Å². The first-order chi connectivity index (χ1) is 4.74. The Morgan fingerprint density at radius 3 is 1.70 bits per heavy atom. The van der Waals surface area contributed by atoms with Crippen LogP contribution in [0.15, 0.2) is 0 Å². The average molecular weight is 159 g/mol. The molecule has 0 unspecified atom stereocenters. The fraction of sp³-hybridized carbons (Fsp3) is 0.857. The minimum absolute atomic E-state index is 1.01. The Kier molecular flexibility index (Phi) is 4.35. The third kappa shape index (κ3) is 2.14. The molecule has 0 saturated heterocycles. The molecule has 10 heavy (non-hydrogen) atoms. The molecular weight excluding hydrogens is 144 g/mol. The zero-order valence-electron chi connectivity index (χ0n) is 6.94. The van der Waals surface area contributed by atoms with Crippen molar-refractivity contribution < 1.29 is 9.22 Å². The van der Waals surface area contributed by atoms with Crippen LogP contribution in [0.1, 0.15) is 20.8 Å². The minimum atomic E-state index is -1.64. The van der Waals surface area contributed by atoms with E-state index in [-0.39, 0.29) is 0 Å². The monoisotopic (exact) mass is 159 g/mol. The first-order valence-electron chi connectivity index (χ1n) is 3.79. The summed E-state index contributed by atoms with van der Waals surface area (Å²) in [4.78, 5) is 9.98. The molecule has 0 spiro atoms. The smallest absolute Gasteiger partial charge is 0.402 e. The van der Waals surface area contributed by atoms with Gasteiger partial charge in [0.1, 0.15) is 0 Å². The van der Waals surface area contributed by atoms with Gasteiger partial charge in [-0.15, -0.1) is 0 Å². The number of rotatable bonds is 5. The van der Waals surface area contributed by atoms with Gasteiger partial charge in [-0.05, 0) is 18.1 Å². The molecule has 0 aromatic carbocycles. The Morgan fingerprint density at radius 1 is 1.20 bits per heavy atom. The van der Waals surface area contributed by atoms with E-state index in [0.717, 1.165) is 18.1 Å². The van der Waals surface area contributed by atoms with E-state index in [2.05, 4.69) is 20.8 Å². The Bertz CT molecular complexity index is 91.5. The van der Waals surface area contributed by atoms with Crippen LogP contribution in [0.2, 0.25) is 18.1 Å². The van der Waals surface area contributed by atoms with Gasteiger partial charge in [-0.1, -0.05) is 20.8 Å². The lowest BCUT2D eigenvalue weighted by Gasteiger charge is -2.23. The lowest BCUT2D eigenvalue weighted by Crippen LogP contribution is -2.35. The van der Waals surface area contributed by atoms with Crippen LogP contribution < -0.4 is 0 Å². The molecule has 0 aliphatic heterocycles. The predicted octanol–water partition coefficient (Wildman–Crippen LogP) is 2.08. The van der Waals surface area contributed by atoms with Crippen molar-refractivity contribution in [2.45, 2.75) is 38.9 Å². The molecule has 0 amide bonds. The molecule has 0 atom stereocenters. The zero-order chi connectivity index (χ0) is 8.04. The topological polar surface area (TPSA) is 26.3 Å². The molecular formula is C7H15O2Si. The highest BCUT2D eigenvalue weighted by Crippen LogP contribution is 2.19. The summed E-state index contributed by atoms with van der Waals surface area (Å²) in [5.74, 6) is 0. The molecule has 0 aromatic rings. The van der Waals surface area contributed by atoms with Crippen LogP contribution >= 0.6 is 0 Å². The molecule has 0 aliphatic rings. The second-order valence-corrected chi connectivity index (χ2v) is 7.12. The van der Waals surface area contributed by atoms with E-state index >= 15 is 0 Å². The number of carbonyl (C=O) groups excluding carboxylic acids is 1. The molecule has 3 heteroatoms. The van der Waals surface area contributed by atoms with Crippen molar-refractivity contribution in [3.63, 3.8) is 0 Å². The fourth-order valence-electron chi connectivity index (χ4n) is 1.05. The zero-order valence-corrected chi connectivity index (χ0v) is 7.94.